The minimum atomic E-state index is -0.0567. The zero-order valence-corrected chi connectivity index (χ0v) is 18.4. The van der Waals surface area contributed by atoms with Gasteiger partial charge < -0.3 is 14.4 Å². The number of methoxy groups -OCH3 is 2. The van der Waals surface area contributed by atoms with Gasteiger partial charge in [-0.3, -0.25) is 4.79 Å². The van der Waals surface area contributed by atoms with Crippen LogP contribution in [0.15, 0.2) is 40.9 Å². The molecule has 0 aliphatic carbocycles. The van der Waals surface area contributed by atoms with Crippen molar-refractivity contribution < 1.29 is 14.3 Å². The first kappa shape index (κ1) is 20.1. The molecule has 0 aromatic heterocycles. The minimum Gasteiger partial charge on any atom is -0.493 e. The van der Waals surface area contributed by atoms with Gasteiger partial charge in [-0.1, -0.05) is 24.3 Å². The van der Waals surface area contributed by atoms with E-state index in [9.17, 15) is 4.79 Å². The molecule has 0 spiro atoms. The summed E-state index contributed by atoms with van der Waals surface area (Å²) in [7, 11) is 3.24. The van der Waals surface area contributed by atoms with Gasteiger partial charge in [0.2, 0.25) is 5.91 Å². The van der Waals surface area contributed by atoms with E-state index in [1.165, 1.54) is 11.1 Å². The molecule has 0 unspecified atom stereocenters. The number of hydrogen-bond donors (Lipinski definition) is 0. The Morgan fingerprint density at radius 3 is 2.59 bits per heavy atom. The van der Waals surface area contributed by atoms with E-state index in [1.54, 1.807) is 26.0 Å². The van der Waals surface area contributed by atoms with E-state index >= 15 is 0 Å². The quantitative estimate of drug-likeness (QED) is 0.623. The van der Waals surface area contributed by atoms with Gasteiger partial charge in [0.05, 0.1) is 23.9 Å². The smallest absolute Gasteiger partial charge is 0.236 e. The number of thioether (sulfide) groups is 1. The highest BCUT2D eigenvalue weighted by atomic mass is 79.9. The van der Waals surface area contributed by atoms with E-state index in [1.807, 2.05) is 30.0 Å². The van der Waals surface area contributed by atoms with Crippen LogP contribution in [0.4, 0.5) is 0 Å². The van der Waals surface area contributed by atoms with Crippen molar-refractivity contribution in [3.63, 3.8) is 0 Å². The van der Waals surface area contributed by atoms with Crippen LogP contribution < -0.4 is 9.47 Å². The topological polar surface area (TPSA) is 38.8 Å². The summed E-state index contributed by atoms with van der Waals surface area (Å²) in [4.78, 5) is 14.8. The molecule has 0 bridgehead atoms. The molecular weight excluding hydrogens is 426 g/mol. The van der Waals surface area contributed by atoms with E-state index in [0.29, 0.717) is 18.0 Å². The van der Waals surface area contributed by atoms with Crippen molar-refractivity contribution in [2.24, 2.45) is 0 Å². The molecule has 3 rings (SSSR count). The molecule has 4 nitrogen and oxygen atoms in total. The zero-order valence-electron chi connectivity index (χ0n) is 16.0. The second-order valence-electron chi connectivity index (χ2n) is 6.58. The van der Waals surface area contributed by atoms with E-state index in [0.717, 1.165) is 16.5 Å². The Kier molecular flexibility index (Phi) is 6.37. The molecule has 0 saturated carbocycles. The molecule has 0 radical (unpaired) electrons. The number of ether oxygens (including phenoxy) is 2. The summed E-state index contributed by atoms with van der Waals surface area (Å²) in [5.41, 5.74) is 3.57. The van der Waals surface area contributed by atoms with E-state index in [2.05, 4.69) is 41.1 Å². The molecule has 6 heteroatoms. The first-order valence-corrected chi connectivity index (χ1v) is 10.6. The lowest BCUT2D eigenvalue weighted by molar-refractivity contribution is -0.129. The molecular formula is C21H24BrNO3S. The lowest BCUT2D eigenvalue weighted by Gasteiger charge is -2.25. The number of hydrogen-bond acceptors (Lipinski definition) is 4. The monoisotopic (exact) mass is 449 g/mol. The van der Waals surface area contributed by atoms with Crippen LogP contribution in [-0.4, -0.2) is 36.8 Å². The molecule has 2 aromatic carbocycles. The molecule has 0 N–H and O–H groups in total. The van der Waals surface area contributed by atoms with Gasteiger partial charge in [-0.2, -0.15) is 0 Å². The van der Waals surface area contributed by atoms with Gasteiger partial charge in [-0.25, -0.2) is 0 Å². The minimum absolute atomic E-state index is 0.0346. The van der Waals surface area contributed by atoms with Crippen molar-refractivity contribution in [1.29, 1.82) is 0 Å². The summed E-state index contributed by atoms with van der Waals surface area (Å²) < 4.78 is 11.7. The summed E-state index contributed by atoms with van der Waals surface area (Å²) in [5.74, 6) is 1.51. The SMILES string of the molecule is COc1cc([C@H]2S[C@H](C)C(=O)N2CCc2ccccc2C)cc(Br)c1OC. The zero-order chi connectivity index (χ0) is 19.6. The van der Waals surface area contributed by atoms with Crippen LogP contribution in [0.5, 0.6) is 11.5 Å². The third-order valence-corrected chi connectivity index (χ3v) is 6.85. The van der Waals surface area contributed by atoms with Gasteiger partial charge in [0, 0.05) is 6.54 Å². The number of nitrogens with zero attached hydrogens (tertiary/aromatic N) is 1. The molecule has 1 heterocycles. The fourth-order valence-corrected chi connectivity index (χ4v) is 5.28. The lowest BCUT2D eigenvalue weighted by atomic mass is 10.1. The summed E-state index contributed by atoms with van der Waals surface area (Å²) in [6, 6.07) is 12.3. The largest absolute Gasteiger partial charge is 0.493 e. The molecule has 27 heavy (non-hydrogen) atoms. The maximum absolute atomic E-state index is 12.8. The highest BCUT2D eigenvalue weighted by molar-refractivity contribution is 9.10. The Balaban J connectivity index is 1.88. The van der Waals surface area contributed by atoms with Crippen LogP contribution in [0.3, 0.4) is 0 Å². The van der Waals surface area contributed by atoms with Gasteiger partial charge in [-0.05, 0) is 65.0 Å². The average Bonchev–Trinajstić information content (AvgIpc) is 2.94. The maximum atomic E-state index is 12.8. The van der Waals surface area contributed by atoms with Crippen LogP contribution in [0, 0.1) is 6.92 Å². The molecule has 144 valence electrons. The third kappa shape index (κ3) is 4.11. The predicted molar refractivity (Wildman–Crippen MR) is 114 cm³/mol. The summed E-state index contributed by atoms with van der Waals surface area (Å²) in [6.07, 6.45) is 0.844. The van der Waals surface area contributed by atoms with E-state index in [4.69, 9.17) is 9.47 Å². The van der Waals surface area contributed by atoms with Crippen molar-refractivity contribution in [2.75, 3.05) is 20.8 Å². The molecule has 1 amide bonds. The second kappa shape index (κ2) is 8.57. The van der Waals surface area contributed by atoms with Gasteiger partial charge in [0.1, 0.15) is 5.37 Å². The maximum Gasteiger partial charge on any atom is 0.236 e. The van der Waals surface area contributed by atoms with Gasteiger partial charge in [0.25, 0.3) is 0 Å². The number of benzene rings is 2. The van der Waals surface area contributed by atoms with Crippen LogP contribution in [0.1, 0.15) is 29.0 Å². The molecule has 1 aliphatic heterocycles. The van der Waals surface area contributed by atoms with Gasteiger partial charge in [-0.15, -0.1) is 11.8 Å². The van der Waals surface area contributed by atoms with Crippen molar-refractivity contribution in [3.8, 4) is 11.5 Å². The molecule has 1 saturated heterocycles. The fraction of sp³-hybridized carbons (Fsp3) is 0.381. The number of aryl methyl sites for hydroxylation is 1. The lowest BCUT2D eigenvalue weighted by Crippen LogP contribution is -2.32. The van der Waals surface area contributed by atoms with Crippen molar-refractivity contribution >= 4 is 33.6 Å². The summed E-state index contributed by atoms with van der Waals surface area (Å²) in [6.45, 7) is 4.78. The Morgan fingerprint density at radius 2 is 1.93 bits per heavy atom. The number of carbonyl (C=O) groups is 1. The first-order valence-electron chi connectivity index (χ1n) is 8.88. The molecule has 2 aromatic rings. The number of halogens is 1. The normalized spacial score (nSPS) is 19.4. The Bertz CT molecular complexity index is 842. The van der Waals surface area contributed by atoms with Crippen LogP contribution >= 0.6 is 27.7 Å². The number of amides is 1. The Morgan fingerprint density at radius 1 is 1.19 bits per heavy atom. The van der Waals surface area contributed by atoms with Gasteiger partial charge in [0.15, 0.2) is 11.5 Å². The van der Waals surface area contributed by atoms with Crippen LogP contribution in [0.25, 0.3) is 0 Å². The van der Waals surface area contributed by atoms with Crippen molar-refractivity contribution in [2.45, 2.75) is 30.9 Å². The summed E-state index contributed by atoms with van der Waals surface area (Å²) >= 11 is 5.24. The fourth-order valence-electron chi connectivity index (χ4n) is 3.37. The van der Waals surface area contributed by atoms with Crippen molar-refractivity contribution in [3.05, 3.63) is 57.6 Å². The number of rotatable bonds is 6. The highest BCUT2D eigenvalue weighted by Gasteiger charge is 2.38. The standard InChI is InChI=1S/C21H24BrNO3S/c1-13-7-5-6-8-15(13)9-10-23-20(24)14(2)27-21(23)16-11-17(22)19(26-4)18(12-16)25-3/h5-8,11-12,14,21H,9-10H2,1-4H3/t14-,21-/m1/s1. The van der Waals surface area contributed by atoms with Crippen LogP contribution in [-0.2, 0) is 11.2 Å². The van der Waals surface area contributed by atoms with Crippen molar-refractivity contribution in [1.82, 2.24) is 4.90 Å². The van der Waals surface area contributed by atoms with Crippen LogP contribution in [0.2, 0.25) is 0 Å². The van der Waals surface area contributed by atoms with E-state index < -0.39 is 0 Å². The molecule has 1 fully saturated rings. The van der Waals surface area contributed by atoms with Gasteiger partial charge >= 0.3 is 0 Å². The second-order valence-corrected chi connectivity index (χ2v) is 8.86. The predicted octanol–water partition coefficient (Wildman–Crippen LogP) is 4.98. The molecule has 1 aliphatic rings. The molecule has 2 atom stereocenters. The number of carbonyl (C=O) groups excluding carboxylic acids is 1. The highest BCUT2D eigenvalue weighted by Crippen LogP contribution is 2.46. The Hall–Kier alpha value is -1.66. The summed E-state index contributed by atoms with van der Waals surface area (Å²) in [5, 5.41) is -0.0913. The van der Waals surface area contributed by atoms with E-state index in [-0.39, 0.29) is 16.5 Å². The average molecular weight is 450 g/mol. The first-order chi connectivity index (χ1) is 13.0. The third-order valence-electron chi connectivity index (χ3n) is 4.87. The Labute approximate surface area is 173 Å².